The fraction of sp³-hybridized carbons (Fsp3) is 0.562. The molecular weight excluding hydrogens is 238 g/mol. The van der Waals surface area contributed by atoms with Crippen molar-refractivity contribution in [1.82, 2.24) is 5.32 Å². The minimum absolute atomic E-state index is 0.0965. The van der Waals surface area contributed by atoms with E-state index in [1.165, 1.54) is 25.7 Å². The summed E-state index contributed by atoms with van der Waals surface area (Å²) in [5, 5.41) is 3.57. The number of fused-ring (bicyclic) bond motifs is 1. The van der Waals surface area contributed by atoms with Crippen LogP contribution < -0.4 is 5.32 Å². The molecule has 102 valence electrons. The summed E-state index contributed by atoms with van der Waals surface area (Å²) in [5.74, 6) is 0.340. The van der Waals surface area contributed by atoms with E-state index in [0.29, 0.717) is 17.5 Å². The Morgan fingerprint density at radius 1 is 1.11 bits per heavy atom. The van der Waals surface area contributed by atoms with Crippen LogP contribution in [0, 0.1) is 5.92 Å². The lowest BCUT2D eigenvalue weighted by atomic mass is 9.77. The normalized spacial score (nSPS) is 30.4. The average Bonchev–Trinajstić information content (AvgIpc) is 2.48. The maximum atomic E-state index is 12.1. The molecule has 1 saturated heterocycles. The zero-order chi connectivity index (χ0) is 13.1. The highest BCUT2D eigenvalue weighted by Gasteiger charge is 2.36. The molecule has 1 heterocycles. The lowest BCUT2D eigenvalue weighted by molar-refractivity contribution is -0.0135. The second kappa shape index (κ2) is 5.74. The summed E-state index contributed by atoms with van der Waals surface area (Å²) in [4.78, 5) is 12.1. The number of piperidine rings is 1. The van der Waals surface area contributed by atoms with E-state index >= 15 is 0 Å². The number of benzene rings is 1. The number of nitrogens with one attached hydrogen (secondary N) is 1. The van der Waals surface area contributed by atoms with Gasteiger partial charge in [-0.3, -0.25) is 0 Å². The second-order valence-electron chi connectivity index (χ2n) is 5.61. The minimum atomic E-state index is -0.170. The molecule has 1 saturated carbocycles. The third-order valence-electron chi connectivity index (χ3n) is 4.40. The number of carbonyl (C=O) groups excluding carboxylic acids is 1. The monoisotopic (exact) mass is 259 g/mol. The minimum Gasteiger partial charge on any atom is -0.458 e. The Hall–Kier alpha value is -1.35. The highest BCUT2D eigenvalue weighted by molar-refractivity contribution is 5.89. The Balaban J connectivity index is 1.66. The van der Waals surface area contributed by atoms with Crippen LogP contribution >= 0.6 is 0 Å². The molecule has 1 aromatic carbocycles. The van der Waals surface area contributed by atoms with E-state index in [1.54, 1.807) is 0 Å². The molecule has 0 bridgehead atoms. The van der Waals surface area contributed by atoms with E-state index in [0.717, 1.165) is 13.0 Å². The van der Waals surface area contributed by atoms with E-state index < -0.39 is 0 Å². The van der Waals surface area contributed by atoms with Gasteiger partial charge in [-0.1, -0.05) is 31.0 Å². The largest absolute Gasteiger partial charge is 0.458 e. The molecule has 0 spiro atoms. The highest BCUT2D eigenvalue weighted by atomic mass is 16.5. The molecule has 0 aromatic heterocycles. The lowest BCUT2D eigenvalue weighted by Crippen LogP contribution is -2.51. The molecule has 0 radical (unpaired) electrons. The lowest BCUT2D eigenvalue weighted by Gasteiger charge is -2.41. The van der Waals surface area contributed by atoms with Crippen molar-refractivity contribution >= 4 is 5.97 Å². The second-order valence-corrected chi connectivity index (χ2v) is 5.61. The topological polar surface area (TPSA) is 38.3 Å². The molecule has 3 nitrogen and oxygen atoms in total. The Morgan fingerprint density at radius 3 is 2.74 bits per heavy atom. The van der Waals surface area contributed by atoms with E-state index in [4.69, 9.17) is 4.74 Å². The number of ether oxygens (including phenoxy) is 1. The molecule has 2 aliphatic rings. The Bertz CT molecular complexity index is 430. The van der Waals surface area contributed by atoms with Gasteiger partial charge in [0.1, 0.15) is 6.10 Å². The molecule has 1 N–H and O–H groups in total. The molecule has 1 aliphatic heterocycles. The summed E-state index contributed by atoms with van der Waals surface area (Å²) in [6, 6.07) is 9.86. The van der Waals surface area contributed by atoms with Gasteiger partial charge in [-0.05, 0) is 37.9 Å². The van der Waals surface area contributed by atoms with Crippen LogP contribution in [-0.4, -0.2) is 24.7 Å². The van der Waals surface area contributed by atoms with Gasteiger partial charge < -0.3 is 10.1 Å². The van der Waals surface area contributed by atoms with Gasteiger partial charge in [0.2, 0.25) is 0 Å². The van der Waals surface area contributed by atoms with Crippen molar-refractivity contribution < 1.29 is 9.53 Å². The van der Waals surface area contributed by atoms with Crippen molar-refractivity contribution in [2.24, 2.45) is 5.92 Å². The van der Waals surface area contributed by atoms with Crippen LogP contribution in [0.4, 0.5) is 0 Å². The van der Waals surface area contributed by atoms with Gasteiger partial charge in [0, 0.05) is 12.0 Å². The highest BCUT2D eigenvalue weighted by Crippen LogP contribution is 2.32. The maximum absolute atomic E-state index is 12.1. The number of hydrogen-bond acceptors (Lipinski definition) is 3. The van der Waals surface area contributed by atoms with Gasteiger partial charge in [-0.25, -0.2) is 4.79 Å². The van der Waals surface area contributed by atoms with Gasteiger partial charge in [0.05, 0.1) is 5.56 Å². The zero-order valence-corrected chi connectivity index (χ0v) is 11.2. The number of rotatable bonds is 2. The van der Waals surface area contributed by atoms with Crippen molar-refractivity contribution in [1.29, 1.82) is 0 Å². The first kappa shape index (κ1) is 12.7. The first-order valence-electron chi connectivity index (χ1n) is 7.34. The fourth-order valence-electron chi connectivity index (χ4n) is 3.41. The van der Waals surface area contributed by atoms with Gasteiger partial charge >= 0.3 is 5.97 Å². The third-order valence-corrected chi connectivity index (χ3v) is 4.40. The van der Waals surface area contributed by atoms with Gasteiger partial charge in [-0.2, -0.15) is 0 Å². The smallest absolute Gasteiger partial charge is 0.338 e. The van der Waals surface area contributed by atoms with Crippen LogP contribution in [0.15, 0.2) is 30.3 Å². The summed E-state index contributed by atoms with van der Waals surface area (Å²) in [5.41, 5.74) is 0.661. The molecule has 2 fully saturated rings. The van der Waals surface area contributed by atoms with Gasteiger partial charge in [-0.15, -0.1) is 0 Å². The Kier molecular flexibility index (Phi) is 3.83. The van der Waals surface area contributed by atoms with E-state index in [9.17, 15) is 4.79 Å². The van der Waals surface area contributed by atoms with Crippen molar-refractivity contribution in [3.05, 3.63) is 35.9 Å². The number of hydrogen-bond donors (Lipinski definition) is 1. The number of esters is 1. The summed E-state index contributed by atoms with van der Waals surface area (Å²) in [6.45, 7) is 0.966. The Labute approximate surface area is 114 Å². The average molecular weight is 259 g/mol. The van der Waals surface area contributed by atoms with Crippen molar-refractivity contribution in [3.63, 3.8) is 0 Å². The van der Waals surface area contributed by atoms with Crippen LogP contribution in [0.25, 0.3) is 0 Å². The molecule has 3 rings (SSSR count). The summed E-state index contributed by atoms with van der Waals surface area (Å²) in [7, 11) is 0. The zero-order valence-electron chi connectivity index (χ0n) is 11.2. The summed E-state index contributed by atoms with van der Waals surface area (Å²) in [6.07, 6.45) is 6.02. The summed E-state index contributed by atoms with van der Waals surface area (Å²) < 4.78 is 5.77. The summed E-state index contributed by atoms with van der Waals surface area (Å²) >= 11 is 0. The van der Waals surface area contributed by atoms with Crippen LogP contribution in [0.1, 0.15) is 42.5 Å². The van der Waals surface area contributed by atoms with E-state index in [-0.39, 0.29) is 12.1 Å². The van der Waals surface area contributed by atoms with Crippen LogP contribution in [0.2, 0.25) is 0 Å². The molecule has 1 aliphatic carbocycles. The first-order valence-corrected chi connectivity index (χ1v) is 7.34. The van der Waals surface area contributed by atoms with Gasteiger partial charge in [0.25, 0.3) is 0 Å². The molecule has 19 heavy (non-hydrogen) atoms. The van der Waals surface area contributed by atoms with Crippen LogP contribution in [0.3, 0.4) is 0 Å². The van der Waals surface area contributed by atoms with E-state index in [2.05, 4.69) is 5.32 Å². The molecule has 3 unspecified atom stereocenters. The fourth-order valence-corrected chi connectivity index (χ4v) is 3.41. The SMILES string of the molecule is O=C(OC1CCNC2CCCCC21)c1ccccc1. The quantitative estimate of drug-likeness (QED) is 0.830. The third kappa shape index (κ3) is 2.81. The predicted octanol–water partition coefficient (Wildman–Crippen LogP) is 2.76. The molecule has 0 amide bonds. The Morgan fingerprint density at radius 2 is 1.89 bits per heavy atom. The van der Waals surface area contributed by atoms with E-state index in [1.807, 2.05) is 30.3 Å². The number of carbonyl (C=O) groups is 1. The molecule has 1 aromatic rings. The maximum Gasteiger partial charge on any atom is 0.338 e. The standard InChI is InChI=1S/C16H21NO2/c18-16(12-6-2-1-3-7-12)19-15-10-11-17-14-9-5-4-8-13(14)15/h1-3,6-7,13-15,17H,4-5,8-11H2. The van der Waals surface area contributed by atoms with Crippen molar-refractivity contribution in [2.45, 2.75) is 44.2 Å². The molecule has 3 atom stereocenters. The van der Waals surface area contributed by atoms with Crippen LogP contribution in [0.5, 0.6) is 0 Å². The molecular formula is C16H21NO2. The predicted molar refractivity (Wildman–Crippen MR) is 74.0 cm³/mol. The molecule has 3 heteroatoms. The van der Waals surface area contributed by atoms with Gasteiger partial charge in [0.15, 0.2) is 0 Å². The van der Waals surface area contributed by atoms with Crippen molar-refractivity contribution in [3.8, 4) is 0 Å². The van der Waals surface area contributed by atoms with Crippen LogP contribution in [-0.2, 0) is 4.74 Å². The first-order chi connectivity index (χ1) is 9.34. The van der Waals surface area contributed by atoms with Crippen molar-refractivity contribution in [2.75, 3.05) is 6.54 Å².